The van der Waals surface area contributed by atoms with E-state index in [0.717, 1.165) is 5.56 Å². The van der Waals surface area contributed by atoms with Crippen LogP contribution in [0.15, 0.2) is 54.6 Å². The van der Waals surface area contributed by atoms with E-state index in [-0.39, 0.29) is 23.6 Å². The summed E-state index contributed by atoms with van der Waals surface area (Å²) in [5.74, 6) is 0.183. The molecule has 0 aromatic heterocycles. The van der Waals surface area contributed by atoms with Crippen LogP contribution in [0.1, 0.15) is 29.2 Å². The minimum atomic E-state index is -3.65. The number of benzene rings is 2. The van der Waals surface area contributed by atoms with Crippen LogP contribution in [0.5, 0.6) is 11.5 Å². The maximum Gasteiger partial charge on any atom is 0.212 e. The Morgan fingerprint density at radius 1 is 1.07 bits per heavy atom. The molecule has 2 aromatic carbocycles. The molecule has 0 spiro atoms. The van der Waals surface area contributed by atoms with Crippen LogP contribution in [-0.2, 0) is 10.7 Å². The van der Waals surface area contributed by atoms with E-state index in [1.54, 1.807) is 44.2 Å². The van der Waals surface area contributed by atoms with Crippen LogP contribution in [0.3, 0.4) is 0 Å². The summed E-state index contributed by atoms with van der Waals surface area (Å²) in [5, 5.41) is 20.2. The fourth-order valence-electron chi connectivity index (χ4n) is 3.87. The topological polar surface area (TPSA) is 77.8 Å². The molecule has 4 nitrogen and oxygen atoms in total. The predicted octanol–water partition coefficient (Wildman–Crippen LogP) is 5.14. The fraction of sp³-hybridized carbons (Fsp3) is 0.273. The maximum absolute atomic E-state index is 13.5. The summed E-state index contributed by atoms with van der Waals surface area (Å²) in [4.78, 5) is 11.1. The van der Waals surface area contributed by atoms with Gasteiger partial charge >= 0.3 is 0 Å². The van der Waals surface area contributed by atoms with Crippen molar-refractivity contribution in [1.82, 2.24) is 0 Å². The van der Waals surface area contributed by atoms with Crippen molar-refractivity contribution in [3.8, 4) is 11.5 Å². The Morgan fingerprint density at radius 2 is 1.70 bits per heavy atom. The highest BCUT2D eigenvalue weighted by molar-refractivity contribution is 7.58. The smallest absolute Gasteiger partial charge is 0.212 e. The lowest BCUT2D eigenvalue weighted by atomic mass is 9.90. The lowest BCUT2D eigenvalue weighted by Crippen LogP contribution is -2.22. The molecule has 0 saturated carbocycles. The van der Waals surface area contributed by atoms with Gasteiger partial charge in [0.15, 0.2) is 0 Å². The Balaban J connectivity index is 2.01. The van der Waals surface area contributed by atoms with Crippen LogP contribution in [-0.4, -0.2) is 20.8 Å². The third-order valence-corrected chi connectivity index (χ3v) is 7.55. The number of para-hydroxylation sites is 1. The van der Waals surface area contributed by atoms with Gasteiger partial charge in [-0.3, -0.25) is 4.57 Å². The maximum atomic E-state index is 13.5. The molecule has 0 heterocycles. The number of aromatic hydroxyl groups is 2. The second-order valence-corrected chi connectivity index (χ2v) is 9.70. The van der Waals surface area contributed by atoms with Gasteiger partial charge in [-0.2, -0.15) is 0 Å². The van der Waals surface area contributed by atoms with E-state index in [4.69, 9.17) is 0 Å². The molecule has 3 unspecified atom stereocenters. The molecule has 0 fully saturated rings. The highest BCUT2D eigenvalue weighted by Crippen LogP contribution is 2.58. The molecule has 0 bridgehead atoms. The summed E-state index contributed by atoms with van der Waals surface area (Å²) >= 11 is 0. The molecule has 1 aliphatic carbocycles. The van der Waals surface area contributed by atoms with Gasteiger partial charge in [0.2, 0.25) is 7.37 Å². The summed E-state index contributed by atoms with van der Waals surface area (Å²) < 4.78 is 13.5. The zero-order chi connectivity index (χ0) is 19.8. The zero-order valence-corrected chi connectivity index (χ0v) is 16.6. The lowest BCUT2D eigenvalue weighted by Gasteiger charge is -2.32. The Morgan fingerprint density at radius 3 is 2.33 bits per heavy atom. The fourth-order valence-corrected chi connectivity index (χ4v) is 6.27. The first-order chi connectivity index (χ1) is 12.7. The first-order valence-corrected chi connectivity index (χ1v) is 10.9. The second kappa shape index (κ2) is 7.38. The van der Waals surface area contributed by atoms with Gasteiger partial charge in [0.05, 0.1) is 11.8 Å². The Hall–Kier alpha value is -2.29. The molecular weight excluding hydrogens is 359 g/mol. The lowest BCUT2D eigenvalue weighted by molar-refractivity contribution is 0.457. The van der Waals surface area contributed by atoms with Crippen molar-refractivity contribution in [3.63, 3.8) is 0 Å². The highest BCUT2D eigenvalue weighted by atomic mass is 31.2. The van der Waals surface area contributed by atoms with Gasteiger partial charge in [-0.25, -0.2) is 0 Å². The molecule has 0 amide bonds. The van der Waals surface area contributed by atoms with Crippen LogP contribution in [0.4, 0.5) is 0 Å². The normalized spacial score (nSPS) is 21.6. The van der Waals surface area contributed by atoms with Crippen molar-refractivity contribution in [1.29, 1.82) is 0 Å². The van der Waals surface area contributed by atoms with Gasteiger partial charge in [0, 0.05) is 5.56 Å². The summed E-state index contributed by atoms with van der Waals surface area (Å²) in [6.45, 7) is 5.49. The molecule has 27 heavy (non-hydrogen) atoms. The standard InChI is InChI=1S/C22H25O4P/c1-14-7-6-9-19(18-8-4-5-10-20(18)23)22(14)27(25,26)13-17-11-15(2)21(24)16(3)12-17/h4-12,14,22-24H,13H2,1-3H3,(H,25,26). The van der Waals surface area contributed by atoms with E-state index in [1.807, 2.05) is 31.2 Å². The third kappa shape index (κ3) is 3.87. The molecular formula is C22H25O4P. The van der Waals surface area contributed by atoms with Crippen molar-refractivity contribution in [3.05, 3.63) is 76.9 Å². The van der Waals surface area contributed by atoms with E-state index in [2.05, 4.69) is 0 Å². The number of phenols is 2. The molecule has 142 valence electrons. The summed E-state index contributed by atoms with van der Waals surface area (Å²) in [6, 6.07) is 10.4. The van der Waals surface area contributed by atoms with Crippen LogP contribution in [0.25, 0.3) is 5.57 Å². The van der Waals surface area contributed by atoms with E-state index >= 15 is 0 Å². The first-order valence-electron chi connectivity index (χ1n) is 8.98. The van der Waals surface area contributed by atoms with Crippen molar-refractivity contribution >= 4 is 12.9 Å². The van der Waals surface area contributed by atoms with Gasteiger partial charge in [0.25, 0.3) is 0 Å². The van der Waals surface area contributed by atoms with Gasteiger partial charge in [-0.1, -0.05) is 55.5 Å². The van der Waals surface area contributed by atoms with Gasteiger partial charge < -0.3 is 15.1 Å². The quantitative estimate of drug-likeness (QED) is 0.638. The predicted molar refractivity (Wildman–Crippen MR) is 109 cm³/mol. The van der Waals surface area contributed by atoms with Crippen molar-refractivity contribution in [2.75, 3.05) is 0 Å². The number of hydrogen-bond donors (Lipinski definition) is 3. The number of phenolic OH excluding ortho intramolecular Hbond substituents is 2. The Bertz CT molecular complexity index is 951. The third-order valence-electron chi connectivity index (χ3n) is 5.12. The summed E-state index contributed by atoms with van der Waals surface area (Å²) in [5.41, 5.74) is 2.78. The van der Waals surface area contributed by atoms with E-state index in [0.29, 0.717) is 22.3 Å². The van der Waals surface area contributed by atoms with Crippen LogP contribution >= 0.6 is 7.37 Å². The molecule has 0 aliphatic heterocycles. The second-order valence-electron chi connectivity index (χ2n) is 7.32. The summed E-state index contributed by atoms with van der Waals surface area (Å²) in [6.07, 6.45) is 5.63. The molecule has 3 N–H and O–H groups in total. The largest absolute Gasteiger partial charge is 0.507 e. The van der Waals surface area contributed by atoms with Crippen molar-refractivity contribution < 1.29 is 19.7 Å². The molecule has 2 aromatic rings. The average Bonchev–Trinajstić information content (AvgIpc) is 2.59. The van der Waals surface area contributed by atoms with Crippen LogP contribution in [0, 0.1) is 19.8 Å². The van der Waals surface area contributed by atoms with E-state index < -0.39 is 13.0 Å². The summed E-state index contributed by atoms with van der Waals surface area (Å²) in [7, 11) is -3.65. The van der Waals surface area contributed by atoms with E-state index in [9.17, 15) is 19.7 Å². The zero-order valence-electron chi connectivity index (χ0n) is 15.8. The minimum Gasteiger partial charge on any atom is -0.507 e. The number of hydrogen-bond acceptors (Lipinski definition) is 3. The van der Waals surface area contributed by atoms with E-state index in [1.165, 1.54) is 0 Å². The Labute approximate surface area is 160 Å². The average molecular weight is 384 g/mol. The molecule has 5 heteroatoms. The number of rotatable bonds is 4. The minimum absolute atomic E-state index is 0.0166. The Kier molecular flexibility index (Phi) is 5.32. The molecule has 0 saturated heterocycles. The van der Waals surface area contributed by atoms with Crippen LogP contribution < -0.4 is 0 Å². The number of aryl methyl sites for hydroxylation is 2. The SMILES string of the molecule is Cc1cc(CP(=O)(O)C2C(c3ccccc3O)=CC=CC2C)cc(C)c1O. The molecule has 3 rings (SSSR count). The highest BCUT2D eigenvalue weighted by Gasteiger charge is 2.39. The molecule has 0 radical (unpaired) electrons. The van der Waals surface area contributed by atoms with Crippen molar-refractivity contribution in [2.45, 2.75) is 32.6 Å². The first kappa shape index (κ1) is 19.5. The van der Waals surface area contributed by atoms with Gasteiger partial charge in [-0.05, 0) is 48.1 Å². The number of allylic oxidation sites excluding steroid dienone is 4. The molecule has 1 aliphatic rings. The van der Waals surface area contributed by atoms with Gasteiger partial charge in [0.1, 0.15) is 11.5 Å². The van der Waals surface area contributed by atoms with Crippen molar-refractivity contribution in [2.24, 2.45) is 5.92 Å². The monoisotopic (exact) mass is 384 g/mol. The van der Waals surface area contributed by atoms with Crippen LogP contribution in [0.2, 0.25) is 0 Å². The van der Waals surface area contributed by atoms with Gasteiger partial charge in [-0.15, -0.1) is 0 Å². The molecule has 3 atom stereocenters.